The van der Waals surface area contributed by atoms with Crippen molar-refractivity contribution in [1.82, 2.24) is 14.8 Å². The molecular formula is C17H17BrN4O2. The molecule has 0 radical (unpaired) electrons. The SMILES string of the molecule is Cn1ncc(N2CCC(c3nc4ccccc4o3)CC2)c(Br)c1=O. The van der Waals surface area contributed by atoms with Crippen molar-refractivity contribution in [2.24, 2.45) is 7.05 Å². The van der Waals surface area contributed by atoms with Gasteiger partial charge in [-0.1, -0.05) is 12.1 Å². The van der Waals surface area contributed by atoms with E-state index in [1.54, 1.807) is 13.2 Å². The second kappa shape index (κ2) is 6.05. The van der Waals surface area contributed by atoms with Crippen LogP contribution in [0, 0.1) is 0 Å². The first-order chi connectivity index (χ1) is 11.6. The Kier molecular flexibility index (Phi) is 3.88. The van der Waals surface area contributed by atoms with Gasteiger partial charge in [0.2, 0.25) is 0 Å². The topological polar surface area (TPSA) is 64.2 Å². The van der Waals surface area contributed by atoms with Crippen molar-refractivity contribution >= 4 is 32.7 Å². The highest BCUT2D eigenvalue weighted by Gasteiger charge is 2.26. The summed E-state index contributed by atoms with van der Waals surface area (Å²) in [6, 6.07) is 7.85. The molecule has 1 aliphatic heterocycles. The van der Waals surface area contributed by atoms with E-state index >= 15 is 0 Å². The van der Waals surface area contributed by atoms with Crippen molar-refractivity contribution < 1.29 is 4.42 Å². The van der Waals surface area contributed by atoms with Crippen LogP contribution in [0.4, 0.5) is 5.69 Å². The summed E-state index contributed by atoms with van der Waals surface area (Å²) in [5, 5.41) is 4.12. The number of aromatic nitrogens is 3. The van der Waals surface area contributed by atoms with Crippen LogP contribution in [0.2, 0.25) is 0 Å². The quantitative estimate of drug-likeness (QED) is 0.674. The van der Waals surface area contributed by atoms with Gasteiger partial charge in [-0.25, -0.2) is 9.67 Å². The minimum atomic E-state index is -0.117. The molecule has 4 rings (SSSR count). The minimum Gasteiger partial charge on any atom is -0.440 e. The van der Waals surface area contributed by atoms with E-state index in [0.717, 1.165) is 48.6 Å². The molecule has 3 aromatic rings. The zero-order valence-corrected chi connectivity index (χ0v) is 14.9. The molecular weight excluding hydrogens is 372 g/mol. The third kappa shape index (κ3) is 2.62. The Morgan fingerprint density at radius 2 is 2.00 bits per heavy atom. The maximum absolute atomic E-state index is 12.0. The van der Waals surface area contributed by atoms with E-state index in [1.807, 2.05) is 24.3 Å². The number of hydrogen-bond acceptors (Lipinski definition) is 5. The summed E-state index contributed by atoms with van der Waals surface area (Å²) in [5.41, 5.74) is 2.49. The maximum Gasteiger partial charge on any atom is 0.282 e. The molecule has 0 spiro atoms. The largest absolute Gasteiger partial charge is 0.440 e. The van der Waals surface area contributed by atoms with Gasteiger partial charge < -0.3 is 9.32 Å². The smallest absolute Gasteiger partial charge is 0.282 e. The molecule has 0 bridgehead atoms. The van der Waals surface area contributed by atoms with E-state index < -0.39 is 0 Å². The van der Waals surface area contributed by atoms with E-state index in [0.29, 0.717) is 10.4 Å². The normalized spacial score (nSPS) is 16.0. The zero-order chi connectivity index (χ0) is 16.7. The molecule has 1 aliphatic rings. The van der Waals surface area contributed by atoms with Crippen LogP contribution in [0.25, 0.3) is 11.1 Å². The minimum absolute atomic E-state index is 0.117. The second-order valence-electron chi connectivity index (χ2n) is 6.05. The molecule has 0 amide bonds. The number of para-hydroxylation sites is 2. The number of halogens is 1. The molecule has 24 heavy (non-hydrogen) atoms. The monoisotopic (exact) mass is 388 g/mol. The first kappa shape index (κ1) is 15.4. The first-order valence-electron chi connectivity index (χ1n) is 7.95. The summed E-state index contributed by atoms with van der Waals surface area (Å²) in [5.74, 6) is 1.13. The molecule has 7 heteroatoms. The molecule has 0 unspecified atom stereocenters. The van der Waals surface area contributed by atoms with E-state index in [-0.39, 0.29) is 5.56 Å². The fourth-order valence-corrected chi connectivity index (χ4v) is 3.76. The number of nitrogens with zero attached hydrogens (tertiary/aromatic N) is 4. The van der Waals surface area contributed by atoms with Crippen LogP contribution in [0.5, 0.6) is 0 Å². The lowest BCUT2D eigenvalue weighted by molar-refractivity contribution is 0.407. The lowest BCUT2D eigenvalue weighted by Gasteiger charge is -2.32. The molecule has 1 aromatic carbocycles. The Bertz CT molecular complexity index is 908. The molecule has 0 N–H and O–H groups in total. The number of oxazole rings is 1. The average Bonchev–Trinajstić information content (AvgIpc) is 3.04. The number of hydrogen-bond donors (Lipinski definition) is 0. The van der Waals surface area contributed by atoms with Crippen LogP contribution >= 0.6 is 15.9 Å². The highest BCUT2D eigenvalue weighted by Crippen LogP contribution is 2.33. The molecule has 6 nitrogen and oxygen atoms in total. The fraction of sp³-hybridized carbons (Fsp3) is 0.353. The van der Waals surface area contributed by atoms with Gasteiger partial charge in [0.05, 0.1) is 11.9 Å². The Morgan fingerprint density at radius 3 is 2.75 bits per heavy atom. The lowest BCUT2D eigenvalue weighted by atomic mass is 9.96. The predicted molar refractivity (Wildman–Crippen MR) is 95.4 cm³/mol. The van der Waals surface area contributed by atoms with Gasteiger partial charge in [-0.3, -0.25) is 4.79 Å². The van der Waals surface area contributed by atoms with E-state index in [9.17, 15) is 4.79 Å². The summed E-state index contributed by atoms with van der Waals surface area (Å²) >= 11 is 3.40. The number of benzene rings is 1. The van der Waals surface area contributed by atoms with Gasteiger partial charge >= 0.3 is 0 Å². The first-order valence-corrected chi connectivity index (χ1v) is 8.75. The Labute approximate surface area is 147 Å². The van der Waals surface area contributed by atoms with E-state index in [1.165, 1.54) is 4.68 Å². The second-order valence-corrected chi connectivity index (χ2v) is 6.85. The zero-order valence-electron chi connectivity index (χ0n) is 13.3. The Morgan fingerprint density at radius 1 is 1.25 bits per heavy atom. The van der Waals surface area contributed by atoms with Crippen molar-refractivity contribution in [1.29, 1.82) is 0 Å². The van der Waals surface area contributed by atoms with Gasteiger partial charge in [0.25, 0.3) is 5.56 Å². The molecule has 1 saturated heterocycles. The summed E-state index contributed by atoms with van der Waals surface area (Å²) < 4.78 is 7.80. The summed E-state index contributed by atoms with van der Waals surface area (Å²) in [6.07, 6.45) is 3.62. The van der Waals surface area contributed by atoms with Crippen LogP contribution < -0.4 is 10.5 Å². The number of aryl methyl sites for hydroxylation is 1. The molecule has 3 heterocycles. The van der Waals surface area contributed by atoms with Crippen molar-refractivity contribution in [3.05, 3.63) is 51.2 Å². The summed E-state index contributed by atoms with van der Waals surface area (Å²) in [7, 11) is 1.65. The van der Waals surface area contributed by atoms with Gasteiger partial charge in [-0.15, -0.1) is 0 Å². The molecule has 124 valence electrons. The Hall–Kier alpha value is -2.15. The maximum atomic E-state index is 12.0. The third-order valence-corrected chi connectivity index (χ3v) is 5.30. The molecule has 2 aromatic heterocycles. The highest BCUT2D eigenvalue weighted by molar-refractivity contribution is 9.10. The van der Waals surface area contributed by atoms with Crippen molar-refractivity contribution in [2.45, 2.75) is 18.8 Å². The van der Waals surface area contributed by atoms with Crippen molar-refractivity contribution in [3.63, 3.8) is 0 Å². The van der Waals surface area contributed by atoms with Gasteiger partial charge in [0.1, 0.15) is 9.99 Å². The van der Waals surface area contributed by atoms with Gasteiger partial charge in [0, 0.05) is 26.1 Å². The molecule has 0 saturated carbocycles. The van der Waals surface area contributed by atoms with E-state index in [4.69, 9.17) is 4.42 Å². The molecule has 0 aliphatic carbocycles. The lowest BCUT2D eigenvalue weighted by Crippen LogP contribution is -2.35. The number of anilines is 1. The third-order valence-electron chi connectivity index (χ3n) is 4.56. The standard InChI is InChI=1S/C17H17BrN4O2/c1-21-17(23)15(18)13(10-19-21)22-8-6-11(7-9-22)16-20-12-4-2-3-5-14(12)24-16/h2-5,10-11H,6-9H2,1H3. The van der Waals surface area contributed by atoms with Crippen molar-refractivity contribution in [3.8, 4) is 0 Å². The summed E-state index contributed by atoms with van der Waals surface area (Å²) in [4.78, 5) is 18.8. The van der Waals surface area contributed by atoms with Gasteiger partial charge in [-0.05, 0) is 40.9 Å². The average molecular weight is 389 g/mol. The van der Waals surface area contributed by atoms with Crippen LogP contribution in [-0.4, -0.2) is 27.9 Å². The molecule has 0 atom stereocenters. The Balaban J connectivity index is 1.52. The number of piperidine rings is 1. The fourth-order valence-electron chi connectivity index (χ4n) is 3.15. The van der Waals surface area contributed by atoms with E-state index in [2.05, 4.69) is 30.9 Å². The number of fused-ring (bicyclic) bond motifs is 1. The number of rotatable bonds is 2. The van der Waals surface area contributed by atoms with Crippen LogP contribution in [-0.2, 0) is 7.05 Å². The van der Waals surface area contributed by atoms with Gasteiger partial charge in [-0.2, -0.15) is 5.10 Å². The van der Waals surface area contributed by atoms with Crippen molar-refractivity contribution in [2.75, 3.05) is 18.0 Å². The van der Waals surface area contributed by atoms with Crippen LogP contribution in [0.15, 0.2) is 44.1 Å². The molecule has 1 fully saturated rings. The van der Waals surface area contributed by atoms with Gasteiger partial charge in [0.15, 0.2) is 11.5 Å². The highest BCUT2D eigenvalue weighted by atomic mass is 79.9. The summed E-state index contributed by atoms with van der Waals surface area (Å²) in [6.45, 7) is 1.69. The predicted octanol–water partition coefficient (Wildman–Crippen LogP) is 3.07. The van der Waals surface area contributed by atoms with Crippen LogP contribution in [0.1, 0.15) is 24.7 Å². The van der Waals surface area contributed by atoms with Crippen LogP contribution in [0.3, 0.4) is 0 Å².